The Bertz CT molecular complexity index is 216. The first-order valence-corrected chi connectivity index (χ1v) is 5.92. The fourth-order valence-corrected chi connectivity index (χ4v) is 2.12. The van der Waals surface area contributed by atoms with Gasteiger partial charge in [0.15, 0.2) is 0 Å². The van der Waals surface area contributed by atoms with Crippen LogP contribution in [-0.4, -0.2) is 25.2 Å². The lowest BCUT2D eigenvalue weighted by molar-refractivity contribution is -0.154. The van der Waals surface area contributed by atoms with Gasteiger partial charge in [-0.2, -0.15) is 0 Å². The van der Waals surface area contributed by atoms with Crippen LogP contribution in [0.2, 0.25) is 0 Å². The van der Waals surface area contributed by atoms with Crippen molar-refractivity contribution in [2.24, 2.45) is 17.8 Å². The van der Waals surface area contributed by atoms with Crippen LogP contribution >= 0.6 is 0 Å². The van der Waals surface area contributed by atoms with Crippen molar-refractivity contribution in [3.63, 3.8) is 0 Å². The maximum Gasteiger partial charge on any atom is 0.310 e. The van der Waals surface area contributed by atoms with Crippen LogP contribution in [0.25, 0.3) is 0 Å². The molecular formula is C12H23NO2. The molecule has 1 rings (SSSR count). The molecule has 1 heterocycles. The fourth-order valence-electron chi connectivity index (χ4n) is 2.12. The molecular weight excluding hydrogens is 190 g/mol. The number of hydrogen-bond donors (Lipinski definition) is 1. The lowest BCUT2D eigenvalue weighted by Gasteiger charge is -2.19. The Morgan fingerprint density at radius 3 is 2.53 bits per heavy atom. The second-order valence-corrected chi connectivity index (χ2v) is 5.12. The minimum Gasteiger partial charge on any atom is -0.462 e. The summed E-state index contributed by atoms with van der Waals surface area (Å²) >= 11 is 0. The Kier molecular flexibility index (Phi) is 4.58. The van der Waals surface area contributed by atoms with Crippen LogP contribution in [-0.2, 0) is 9.53 Å². The van der Waals surface area contributed by atoms with Crippen LogP contribution in [0.1, 0.15) is 34.1 Å². The predicted octanol–water partition coefficient (Wildman–Crippen LogP) is 1.82. The monoisotopic (exact) mass is 213 g/mol. The fraction of sp³-hybridized carbons (Fsp3) is 0.917. The summed E-state index contributed by atoms with van der Waals surface area (Å²) < 4.78 is 5.44. The molecule has 1 saturated heterocycles. The minimum absolute atomic E-state index is 0.0272. The van der Waals surface area contributed by atoms with Crippen LogP contribution < -0.4 is 5.32 Å². The summed E-state index contributed by atoms with van der Waals surface area (Å²) in [4.78, 5) is 11.8. The number of carbonyl (C=O) groups excluding carboxylic acids is 1. The van der Waals surface area contributed by atoms with Gasteiger partial charge in [-0.15, -0.1) is 0 Å². The number of hydrogen-bond acceptors (Lipinski definition) is 3. The van der Waals surface area contributed by atoms with Crippen LogP contribution in [0.15, 0.2) is 0 Å². The van der Waals surface area contributed by atoms with Crippen molar-refractivity contribution in [2.45, 2.75) is 40.2 Å². The van der Waals surface area contributed by atoms with E-state index in [1.54, 1.807) is 0 Å². The second-order valence-electron chi connectivity index (χ2n) is 5.12. The van der Waals surface area contributed by atoms with E-state index >= 15 is 0 Å². The van der Waals surface area contributed by atoms with Gasteiger partial charge in [0.25, 0.3) is 0 Å². The average molecular weight is 213 g/mol. The number of nitrogens with one attached hydrogen (secondary N) is 1. The van der Waals surface area contributed by atoms with Crippen molar-refractivity contribution in [1.82, 2.24) is 5.32 Å². The zero-order valence-electron chi connectivity index (χ0n) is 10.2. The first kappa shape index (κ1) is 12.5. The molecule has 1 aliphatic rings. The van der Waals surface area contributed by atoms with Crippen LogP contribution in [0.4, 0.5) is 0 Å². The number of ether oxygens (including phenoxy) is 1. The lowest BCUT2D eigenvalue weighted by atomic mass is 9.98. The Hall–Kier alpha value is -0.570. The van der Waals surface area contributed by atoms with E-state index in [-0.39, 0.29) is 18.0 Å². The summed E-state index contributed by atoms with van der Waals surface area (Å²) in [5.41, 5.74) is 0. The number of esters is 1. The zero-order valence-corrected chi connectivity index (χ0v) is 10.2. The van der Waals surface area contributed by atoms with Crippen molar-refractivity contribution in [1.29, 1.82) is 0 Å². The third-order valence-corrected chi connectivity index (χ3v) is 2.94. The van der Waals surface area contributed by atoms with Gasteiger partial charge in [0.05, 0.1) is 12.0 Å². The third kappa shape index (κ3) is 3.82. The summed E-state index contributed by atoms with van der Waals surface area (Å²) in [6.07, 6.45) is 0.991. The molecule has 0 aliphatic carbocycles. The largest absolute Gasteiger partial charge is 0.462 e. The van der Waals surface area contributed by atoms with Gasteiger partial charge >= 0.3 is 5.97 Å². The molecule has 1 aliphatic heterocycles. The summed E-state index contributed by atoms with van der Waals surface area (Å²) in [6, 6.07) is 0. The highest BCUT2D eigenvalue weighted by Gasteiger charge is 2.31. The molecule has 0 radical (unpaired) electrons. The van der Waals surface area contributed by atoms with Crippen LogP contribution in [0.3, 0.4) is 0 Å². The second kappa shape index (κ2) is 5.50. The van der Waals surface area contributed by atoms with Gasteiger partial charge in [0, 0.05) is 6.54 Å². The van der Waals surface area contributed by atoms with Gasteiger partial charge in [-0.1, -0.05) is 20.8 Å². The molecule has 0 saturated carbocycles. The van der Waals surface area contributed by atoms with Crippen LogP contribution in [0, 0.1) is 17.8 Å². The maximum absolute atomic E-state index is 11.8. The Morgan fingerprint density at radius 2 is 2.07 bits per heavy atom. The molecule has 3 nitrogen and oxygen atoms in total. The Balaban J connectivity index is 2.34. The molecule has 0 aromatic heterocycles. The first-order chi connectivity index (χ1) is 7.00. The maximum atomic E-state index is 11.8. The van der Waals surface area contributed by atoms with E-state index in [9.17, 15) is 4.79 Å². The first-order valence-electron chi connectivity index (χ1n) is 5.92. The number of carbonyl (C=O) groups is 1. The molecule has 0 amide bonds. The van der Waals surface area contributed by atoms with Gasteiger partial charge in [-0.05, 0) is 31.7 Å². The van der Waals surface area contributed by atoms with Crippen molar-refractivity contribution in [3.05, 3.63) is 0 Å². The van der Waals surface area contributed by atoms with Crippen molar-refractivity contribution in [2.75, 3.05) is 13.1 Å². The summed E-state index contributed by atoms with van der Waals surface area (Å²) in [6.45, 7) is 10.1. The van der Waals surface area contributed by atoms with Gasteiger partial charge in [0.1, 0.15) is 0 Å². The molecule has 0 bridgehead atoms. The van der Waals surface area contributed by atoms with E-state index in [1.807, 2.05) is 6.92 Å². The summed E-state index contributed by atoms with van der Waals surface area (Å²) in [5, 5.41) is 3.22. The Labute approximate surface area is 92.6 Å². The van der Waals surface area contributed by atoms with Crippen molar-refractivity contribution in [3.8, 4) is 0 Å². The summed E-state index contributed by atoms with van der Waals surface area (Å²) in [5.74, 6) is 1.01. The SMILES string of the molecule is CC(C)CC(C)OC(=O)C1CNCC1C. The van der Waals surface area contributed by atoms with E-state index in [0.717, 1.165) is 19.5 Å². The molecule has 3 heteroatoms. The van der Waals surface area contributed by atoms with Gasteiger partial charge in [0.2, 0.25) is 0 Å². The van der Waals surface area contributed by atoms with E-state index in [1.165, 1.54) is 0 Å². The lowest BCUT2D eigenvalue weighted by Crippen LogP contribution is -2.27. The highest BCUT2D eigenvalue weighted by atomic mass is 16.5. The smallest absolute Gasteiger partial charge is 0.310 e. The summed E-state index contributed by atoms with van der Waals surface area (Å²) in [7, 11) is 0. The molecule has 3 unspecified atom stereocenters. The van der Waals surface area contributed by atoms with Gasteiger partial charge < -0.3 is 10.1 Å². The predicted molar refractivity (Wildman–Crippen MR) is 60.5 cm³/mol. The molecule has 88 valence electrons. The standard InChI is InChI=1S/C12H23NO2/c1-8(2)5-10(4)15-12(14)11-7-13-6-9(11)3/h8-11,13H,5-7H2,1-4H3. The molecule has 1 N–H and O–H groups in total. The molecule has 1 fully saturated rings. The molecule has 0 aromatic rings. The quantitative estimate of drug-likeness (QED) is 0.724. The molecule has 15 heavy (non-hydrogen) atoms. The normalized spacial score (nSPS) is 28.1. The van der Waals surface area contributed by atoms with Crippen LogP contribution in [0.5, 0.6) is 0 Å². The van der Waals surface area contributed by atoms with E-state index in [4.69, 9.17) is 4.74 Å². The van der Waals surface area contributed by atoms with Gasteiger partial charge in [-0.25, -0.2) is 0 Å². The van der Waals surface area contributed by atoms with Crippen molar-refractivity contribution >= 4 is 5.97 Å². The molecule has 0 spiro atoms. The van der Waals surface area contributed by atoms with E-state index in [0.29, 0.717) is 11.8 Å². The molecule has 0 aromatic carbocycles. The average Bonchev–Trinajstić information content (AvgIpc) is 2.49. The number of rotatable bonds is 4. The van der Waals surface area contributed by atoms with E-state index in [2.05, 4.69) is 26.1 Å². The third-order valence-electron chi connectivity index (χ3n) is 2.94. The van der Waals surface area contributed by atoms with E-state index < -0.39 is 0 Å². The Morgan fingerprint density at radius 1 is 1.40 bits per heavy atom. The molecule has 3 atom stereocenters. The highest BCUT2D eigenvalue weighted by molar-refractivity contribution is 5.73. The highest BCUT2D eigenvalue weighted by Crippen LogP contribution is 2.19. The topological polar surface area (TPSA) is 38.3 Å². The minimum atomic E-state index is -0.0272. The van der Waals surface area contributed by atoms with Gasteiger partial charge in [-0.3, -0.25) is 4.79 Å². The van der Waals surface area contributed by atoms with Crippen molar-refractivity contribution < 1.29 is 9.53 Å². The zero-order chi connectivity index (χ0) is 11.4.